The van der Waals surface area contributed by atoms with Crippen molar-refractivity contribution in [3.8, 4) is 0 Å². The topological polar surface area (TPSA) is 98.7 Å². The molecule has 0 saturated carbocycles. The van der Waals surface area contributed by atoms with Crippen molar-refractivity contribution in [3.05, 3.63) is 0 Å². The maximum Gasteiger partial charge on any atom is 0.247 e. The largest absolute Gasteiger partial charge is 0.726 e. The van der Waals surface area contributed by atoms with Gasteiger partial charge in [0.1, 0.15) is 13.1 Å². The highest BCUT2D eigenvalue weighted by Gasteiger charge is 2.27. The van der Waals surface area contributed by atoms with E-state index in [-0.39, 0.29) is 6.61 Å². The number of nitrogens with zero attached hydrogens (tertiary/aromatic N) is 2. The monoisotopic (exact) mass is 421 g/mol. The molecule has 0 fully saturated rings. The summed E-state index contributed by atoms with van der Waals surface area (Å²) < 4.78 is 34.5. The fourth-order valence-electron chi connectivity index (χ4n) is 3.49. The van der Waals surface area contributed by atoms with E-state index in [1.165, 1.54) is 84.2 Å². The number of likely N-dealkylation sites (N-methyl/N-ethyl adjacent to an activating group) is 1. The Bertz CT molecular complexity index is 510. The minimum atomic E-state index is -4.42. The second-order valence-corrected chi connectivity index (χ2v) is 8.22. The molecule has 8 heteroatoms. The van der Waals surface area contributed by atoms with Gasteiger partial charge in [0.05, 0.1) is 19.7 Å². The van der Waals surface area contributed by atoms with E-state index in [0.717, 1.165) is 19.6 Å². The maximum atomic E-state index is 9.45. The van der Waals surface area contributed by atoms with E-state index >= 15 is 0 Å². The lowest BCUT2D eigenvalue weighted by molar-refractivity contribution is -0.516. The van der Waals surface area contributed by atoms with Crippen LogP contribution in [0.3, 0.4) is 0 Å². The van der Waals surface area contributed by atoms with Crippen LogP contribution in [0.2, 0.25) is 0 Å². The van der Waals surface area contributed by atoms with Crippen LogP contribution in [-0.2, 0) is 14.6 Å². The van der Waals surface area contributed by atoms with Crippen molar-refractivity contribution in [2.24, 2.45) is 5.73 Å². The third-order valence-corrected chi connectivity index (χ3v) is 5.44. The molecule has 0 saturated heterocycles. The van der Waals surface area contributed by atoms with Gasteiger partial charge < -0.3 is 10.3 Å². The minimum Gasteiger partial charge on any atom is -0.726 e. The third kappa shape index (κ3) is 14.3. The van der Waals surface area contributed by atoms with Gasteiger partial charge in [-0.2, -0.15) is 0 Å². The van der Waals surface area contributed by atoms with E-state index < -0.39 is 10.4 Å². The van der Waals surface area contributed by atoms with Gasteiger partial charge in [-0.15, -0.1) is 0 Å². The summed E-state index contributed by atoms with van der Waals surface area (Å²) >= 11 is 0. The zero-order valence-electron chi connectivity index (χ0n) is 18.3. The molecule has 2 N–H and O–H groups in total. The summed E-state index contributed by atoms with van der Waals surface area (Å²) in [7, 11) is -4.42. The highest BCUT2D eigenvalue weighted by molar-refractivity contribution is 7.80. The van der Waals surface area contributed by atoms with E-state index in [0.29, 0.717) is 0 Å². The van der Waals surface area contributed by atoms with Gasteiger partial charge in [-0.05, 0) is 20.3 Å². The molecule has 0 atom stereocenters. The number of unbranched alkanes of at least 4 members (excludes halogenated alkanes) is 8. The number of nitrogens with two attached hydrogens (primary N) is 1. The quantitative estimate of drug-likeness (QED) is 0.189. The van der Waals surface area contributed by atoms with E-state index in [1.807, 2.05) is 0 Å². The van der Waals surface area contributed by atoms with Gasteiger partial charge in [0.2, 0.25) is 16.2 Å². The van der Waals surface area contributed by atoms with Crippen molar-refractivity contribution in [1.82, 2.24) is 4.90 Å². The van der Waals surface area contributed by atoms with Gasteiger partial charge in [0.25, 0.3) is 0 Å². The molecular weight excluding hydrogens is 378 g/mol. The van der Waals surface area contributed by atoms with E-state index in [1.54, 1.807) is 5.84 Å². The summed E-state index contributed by atoms with van der Waals surface area (Å²) in [5, 5.41) is 0. The first-order valence-corrected chi connectivity index (χ1v) is 12.4. The molecule has 0 radical (unpaired) electrons. The second-order valence-electron chi connectivity index (χ2n) is 7.16. The molecule has 1 rings (SSSR count). The van der Waals surface area contributed by atoms with Gasteiger partial charge in [-0.1, -0.05) is 58.3 Å². The van der Waals surface area contributed by atoms with Crippen molar-refractivity contribution < 1.29 is 21.7 Å². The Morgan fingerprint density at radius 2 is 1.61 bits per heavy atom. The minimum absolute atomic E-state index is 0.0914. The first kappa shape index (κ1) is 27.3. The molecule has 0 aromatic rings. The molecule has 0 aliphatic carbocycles. The Morgan fingerprint density at radius 3 is 2.04 bits per heavy atom. The lowest BCUT2D eigenvalue weighted by atomic mass is 10.1. The van der Waals surface area contributed by atoms with Gasteiger partial charge in [-0.3, -0.25) is 13.7 Å². The normalized spacial score (nSPS) is 14.4. The lowest BCUT2D eigenvalue weighted by Crippen LogP contribution is -2.30. The SMILES string of the molecule is CCCCCCCCCCCC1=[N+](CCN)CCN1CC.CCOS(=O)(=O)[O-]. The molecule has 0 unspecified atom stereocenters. The van der Waals surface area contributed by atoms with Crippen LogP contribution in [0.5, 0.6) is 0 Å². The van der Waals surface area contributed by atoms with Crippen LogP contribution in [0.15, 0.2) is 0 Å². The van der Waals surface area contributed by atoms with Crippen molar-refractivity contribution >= 4 is 16.2 Å². The van der Waals surface area contributed by atoms with E-state index in [9.17, 15) is 13.0 Å². The lowest BCUT2D eigenvalue weighted by Gasteiger charge is -2.11. The summed E-state index contributed by atoms with van der Waals surface area (Å²) in [6, 6.07) is 0. The Balaban J connectivity index is 0.000000887. The molecule has 7 nitrogen and oxygen atoms in total. The standard InChI is InChI=1S/C18H38N3.C2H6O4S/c1-3-5-6-7-8-9-10-11-12-13-18-20(4-2)16-17-21(18)15-14-19;1-2-6-7(3,4)5/h3-17,19H2,1-2H3;2H2,1H3,(H,3,4,5)/q+1;/p-1. The van der Waals surface area contributed by atoms with Gasteiger partial charge in [0.15, 0.2) is 0 Å². The summed E-state index contributed by atoms with van der Waals surface area (Å²) in [6.07, 6.45) is 13.9. The van der Waals surface area contributed by atoms with Crippen LogP contribution in [0.25, 0.3) is 0 Å². The van der Waals surface area contributed by atoms with Gasteiger partial charge >= 0.3 is 0 Å². The highest BCUT2D eigenvalue weighted by Crippen LogP contribution is 2.13. The molecule has 168 valence electrons. The fourth-order valence-corrected chi connectivity index (χ4v) is 3.78. The Morgan fingerprint density at radius 1 is 1.04 bits per heavy atom. The number of amidine groups is 1. The predicted molar refractivity (Wildman–Crippen MR) is 114 cm³/mol. The highest BCUT2D eigenvalue weighted by atomic mass is 32.3. The average Bonchev–Trinajstić information content (AvgIpc) is 3.02. The molecule has 0 bridgehead atoms. The van der Waals surface area contributed by atoms with Crippen LogP contribution >= 0.6 is 0 Å². The molecule has 1 aliphatic rings. The van der Waals surface area contributed by atoms with Crippen LogP contribution in [0.1, 0.15) is 85.0 Å². The summed E-state index contributed by atoms with van der Waals surface area (Å²) in [4.78, 5) is 2.54. The average molecular weight is 422 g/mol. The molecule has 0 aromatic heterocycles. The molecular formula is C20H43N3O4S. The van der Waals surface area contributed by atoms with Crippen LogP contribution < -0.4 is 5.73 Å². The molecule has 1 heterocycles. The van der Waals surface area contributed by atoms with E-state index in [2.05, 4.69) is 27.5 Å². The van der Waals surface area contributed by atoms with Crippen molar-refractivity contribution in [3.63, 3.8) is 0 Å². The summed E-state index contributed by atoms with van der Waals surface area (Å²) in [5.74, 6) is 1.56. The first-order chi connectivity index (χ1) is 13.4. The van der Waals surface area contributed by atoms with Crippen LogP contribution in [0, 0.1) is 0 Å². The second kappa shape index (κ2) is 17.2. The van der Waals surface area contributed by atoms with Crippen molar-refractivity contribution in [2.45, 2.75) is 85.0 Å². The van der Waals surface area contributed by atoms with Crippen molar-refractivity contribution in [1.29, 1.82) is 0 Å². The molecule has 0 aromatic carbocycles. The Labute approximate surface area is 173 Å². The summed E-state index contributed by atoms with van der Waals surface area (Å²) in [5.41, 5.74) is 5.73. The fraction of sp³-hybridized carbons (Fsp3) is 0.950. The van der Waals surface area contributed by atoms with Crippen molar-refractivity contribution in [2.75, 3.05) is 39.3 Å². The number of hydrogen-bond acceptors (Lipinski definition) is 6. The smallest absolute Gasteiger partial charge is 0.247 e. The zero-order chi connectivity index (χ0) is 21.3. The molecule has 0 spiro atoms. The third-order valence-electron chi connectivity index (χ3n) is 4.92. The number of rotatable bonds is 15. The molecule has 1 aliphatic heterocycles. The van der Waals surface area contributed by atoms with Crippen LogP contribution in [0.4, 0.5) is 0 Å². The number of hydrogen-bond donors (Lipinski definition) is 1. The Kier molecular flexibility index (Phi) is 16.8. The van der Waals surface area contributed by atoms with Gasteiger partial charge in [-0.25, -0.2) is 8.42 Å². The maximum absolute atomic E-state index is 9.45. The van der Waals surface area contributed by atoms with Gasteiger partial charge in [0, 0.05) is 13.0 Å². The van der Waals surface area contributed by atoms with Crippen LogP contribution in [-0.4, -0.2) is 67.6 Å². The predicted octanol–water partition coefficient (Wildman–Crippen LogP) is 3.10. The molecule has 0 amide bonds. The molecule has 28 heavy (non-hydrogen) atoms. The first-order valence-electron chi connectivity index (χ1n) is 11.1. The summed E-state index contributed by atoms with van der Waals surface area (Å²) in [6.45, 7) is 11.2. The Hall–Kier alpha value is -0.700. The van der Waals surface area contributed by atoms with E-state index in [4.69, 9.17) is 5.73 Å². The zero-order valence-corrected chi connectivity index (χ0v) is 19.1.